The lowest BCUT2D eigenvalue weighted by atomic mass is 10.3. The average molecular weight is 369 g/mol. The van der Waals surface area contributed by atoms with Crippen molar-refractivity contribution in [1.29, 1.82) is 0 Å². The number of hydrogen-bond donors (Lipinski definition) is 1. The van der Waals surface area contributed by atoms with Crippen LogP contribution < -0.4 is 14.9 Å². The molecule has 1 N–H and O–H groups in total. The van der Waals surface area contributed by atoms with Crippen molar-refractivity contribution in [1.82, 2.24) is 5.43 Å². The van der Waals surface area contributed by atoms with Crippen molar-refractivity contribution in [3.8, 4) is 11.5 Å². The fourth-order valence-electron chi connectivity index (χ4n) is 1.48. The number of ether oxygens (including phenoxy) is 2. The lowest BCUT2D eigenvalue weighted by Gasteiger charge is -2.08. The second kappa shape index (κ2) is 7.80. The van der Waals surface area contributed by atoms with Gasteiger partial charge in [0.1, 0.15) is 0 Å². The van der Waals surface area contributed by atoms with Gasteiger partial charge in [-0.25, -0.2) is 5.43 Å². The molecular formula is C14H13BrN2O3S. The minimum absolute atomic E-state index is 0.133. The number of nitrogens with one attached hydrogen (secondary N) is 1. The maximum absolute atomic E-state index is 11.6. The Kier molecular flexibility index (Phi) is 5.77. The first-order chi connectivity index (χ1) is 10.2. The molecule has 1 aromatic carbocycles. The van der Waals surface area contributed by atoms with Gasteiger partial charge in [0.25, 0.3) is 5.91 Å². The van der Waals surface area contributed by atoms with E-state index in [-0.39, 0.29) is 12.5 Å². The molecule has 0 unspecified atom stereocenters. The van der Waals surface area contributed by atoms with E-state index < -0.39 is 0 Å². The molecule has 5 nitrogen and oxygen atoms in total. The highest BCUT2D eigenvalue weighted by Gasteiger charge is 2.05. The standard InChI is InChI=1S/C14H13BrN2O3S/c1-19-11-4-2-3-5-12(11)20-9-14(18)17-16-8-10-6-7-13(15)21-10/h2-8H,9H2,1H3,(H,17,18)/b16-8+. The van der Waals surface area contributed by atoms with E-state index in [1.54, 1.807) is 25.5 Å². The Labute approximate surface area is 134 Å². The normalized spacial score (nSPS) is 10.6. The Morgan fingerprint density at radius 2 is 2.10 bits per heavy atom. The zero-order valence-corrected chi connectivity index (χ0v) is 13.6. The van der Waals surface area contributed by atoms with Crippen LogP contribution in [0.2, 0.25) is 0 Å². The van der Waals surface area contributed by atoms with Crippen LogP contribution in [0.1, 0.15) is 4.88 Å². The highest BCUT2D eigenvalue weighted by molar-refractivity contribution is 9.11. The number of methoxy groups -OCH3 is 1. The van der Waals surface area contributed by atoms with E-state index >= 15 is 0 Å². The topological polar surface area (TPSA) is 59.9 Å². The van der Waals surface area contributed by atoms with E-state index in [4.69, 9.17) is 9.47 Å². The number of hydrogen-bond acceptors (Lipinski definition) is 5. The molecule has 0 saturated heterocycles. The summed E-state index contributed by atoms with van der Waals surface area (Å²) in [6.07, 6.45) is 1.58. The number of thiophene rings is 1. The van der Waals surface area contributed by atoms with E-state index in [2.05, 4.69) is 26.5 Å². The van der Waals surface area contributed by atoms with Crippen molar-refractivity contribution in [2.45, 2.75) is 0 Å². The summed E-state index contributed by atoms with van der Waals surface area (Å²) in [5.74, 6) is 0.756. The lowest BCUT2D eigenvalue weighted by molar-refractivity contribution is -0.123. The maximum Gasteiger partial charge on any atom is 0.277 e. The van der Waals surface area contributed by atoms with Gasteiger partial charge in [-0.15, -0.1) is 11.3 Å². The number of hydrazone groups is 1. The molecule has 1 heterocycles. The molecule has 1 aromatic heterocycles. The van der Waals surface area contributed by atoms with Crippen molar-refractivity contribution in [2.24, 2.45) is 5.10 Å². The van der Waals surface area contributed by atoms with Gasteiger partial charge in [-0.05, 0) is 40.2 Å². The van der Waals surface area contributed by atoms with Gasteiger partial charge in [0.15, 0.2) is 18.1 Å². The van der Waals surface area contributed by atoms with Gasteiger partial charge in [0.2, 0.25) is 0 Å². The van der Waals surface area contributed by atoms with Gasteiger partial charge >= 0.3 is 0 Å². The second-order valence-corrected chi connectivity index (χ2v) is 6.37. The minimum atomic E-state index is -0.340. The van der Waals surface area contributed by atoms with Crippen LogP contribution >= 0.6 is 27.3 Å². The van der Waals surface area contributed by atoms with Gasteiger partial charge in [-0.2, -0.15) is 5.10 Å². The van der Waals surface area contributed by atoms with Crippen LogP contribution in [0, 0.1) is 0 Å². The summed E-state index contributed by atoms with van der Waals surface area (Å²) in [7, 11) is 1.55. The molecule has 7 heteroatoms. The molecule has 2 rings (SSSR count). The van der Waals surface area contributed by atoms with Crippen LogP contribution in [-0.2, 0) is 4.79 Å². The molecule has 0 aliphatic heterocycles. The summed E-state index contributed by atoms with van der Waals surface area (Å²) in [4.78, 5) is 12.6. The van der Waals surface area contributed by atoms with Crippen molar-refractivity contribution in [3.63, 3.8) is 0 Å². The van der Waals surface area contributed by atoms with Crippen LogP contribution in [0.15, 0.2) is 45.3 Å². The third-order valence-corrected chi connectivity index (χ3v) is 3.96. The van der Waals surface area contributed by atoms with Crippen LogP contribution in [0.25, 0.3) is 0 Å². The van der Waals surface area contributed by atoms with E-state index in [1.807, 2.05) is 24.3 Å². The number of halogens is 1. The Hall–Kier alpha value is -1.86. The monoisotopic (exact) mass is 368 g/mol. The number of benzene rings is 1. The molecule has 0 saturated carbocycles. The molecule has 0 radical (unpaired) electrons. The number of nitrogens with zero attached hydrogens (tertiary/aromatic N) is 1. The summed E-state index contributed by atoms with van der Waals surface area (Å²) in [5, 5.41) is 3.86. The summed E-state index contributed by atoms with van der Waals surface area (Å²) in [6, 6.07) is 10.9. The molecule has 0 fully saturated rings. The van der Waals surface area contributed by atoms with Gasteiger partial charge in [0, 0.05) is 4.88 Å². The number of carbonyl (C=O) groups excluding carboxylic acids is 1. The van der Waals surface area contributed by atoms with Crippen LogP contribution in [0.5, 0.6) is 11.5 Å². The van der Waals surface area contributed by atoms with Crippen LogP contribution in [0.4, 0.5) is 0 Å². The second-order valence-electron chi connectivity index (χ2n) is 3.87. The SMILES string of the molecule is COc1ccccc1OCC(=O)N/N=C/c1ccc(Br)s1. The van der Waals surface area contributed by atoms with Crippen LogP contribution in [-0.4, -0.2) is 25.8 Å². The highest BCUT2D eigenvalue weighted by atomic mass is 79.9. The minimum Gasteiger partial charge on any atom is -0.493 e. The molecule has 0 bridgehead atoms. The van der Waals surface area contributed by atoms with Gasteiger partial charge in [-0.1, -0.05) is 12.1 Å². The third kappa shape index (κ3) is 4.87. The predicted octanol–water partition coefficient (Wildman–Crippen LogP) is 3.05. The van der Waals surface area contributed by atoms with Crippen molar-refractivity contribution in [2.75, 3.05) is 13.7 Å². The number of amides is 1. The van der Waals surface area contributed by atoms with Crippen molar-refractivity contribution in [3.05, 3.63) is 45.1 Å². The highest BCUT2D eigenvalue weighted by Crippen LogP contribution is 2.25. The maximum atomic E-state index is 11.6. The predicted molar refractivity (Wildman–Crippen MR) is 86.2 cm³/mol. The van der Waals surface area contributed by atoms with E-state index in [0.717, 1.165) is 8.66 Å². The fraction of sp³-hybridized carbons (Fsp3) is 0.143. The number of para-hydroxylation sites is 2. The molecule has 0 atom stereocenters. The first kappa shape index (κ1) is 15.5. The molecule has 1 amide bonds. The number of carbonyl (C=O) groups is 1. The molecule has 21 heavy (non-hydrogen) atoms. The quantitative estimate of drug-likeness (QED) is 0.629. The van der Waals surface area contributed by atoms with E-state index in [1.165, 1.54) is 11.3 Å². The molecule has 2 aromatic rings. The molecule has 0 spiro atoms. The number of rotatable bonds is 6. The summed E-state index contributed by atoms with van der Waals surface area (Å²) < 4.78 is 11.5. The van der Waals surface area contributed by atoms with Crippen molar-refractivity contribution >= 4 is 39.4 Å². The molecule has 110 valence electrons. The largest absolute Gasteiger partial charge is 0.493 e. The molecule has 0 aliphatic carbocycles. The van der Waals surface area contributed by atoms with E-state index in [9.17, 15) is 4.79 Å². The van der Waals surface area contributed by atoms with Crippen molar-refractivity contribution < 1.29 is 14.3 Å². The molecule has 0 aliphatic rings. The van der Waals surface area contributed by atoms with Gasteiger partial charge in [0.05, 0.1) is 17.1 Å². The Bertz CT molecular complexity index is 643. The van der Waals surface area contributed by atoms with Gasteiger partial charge < -0.3 is 9.47 Å². The third-order valence-electron chi connectivity index (χ3n) is 2.40. The zero-order valence-electron chi connectivity index (χ0n) is 11.2. The van der Waals surface area contributed by atoms with Crippen LogP contribution in [0.3, 0.4) is 0 Å². The first-order valence-electron chi connectivity index (χ1n) is 6.02. The first-order valence-corrected chi connectivity index (χ1v) is 7.63. The smallest absolute Gasteiger partial charge is 0.277 e. The summed E-state index contributed by atoms with van der Waals surface area (Å²) in [5.41, 5.74) is 2.40. The Morgan fingerprint density at radius 3 is 2.76 bits per heavy atom. The Balaban J connectivity index is 1.81. The van der Waals surface area contributed by atoms with Gasteiger partial charge in [-0.3, -0.25) is 4.79 Å². The molecular weight excluding hydrogens is 356 g/mol. The Morgan fingerprint density at radius 1 is 1.33 bits per heavy atom. The lowest BCUT2D eigenvalue weighted by Crippen LogP contribution is -2.24. The average Bonchev–Trinajstić information content (AvgIpc) is 2.91. The van der Waals surface area contributed by atoms with E-state index in [0.29, 0.717) is 11.5 Å². The zero-order chi connectivity index (χ0) is 15.1. The summed E-state index contributed by atoms with van der Waals surface area (Å²) in [6.45, 7) is -0.133. The summed E-state index contributed by atoms with van der Waals surface area (Å²) >= 11 is 4.88. The fourth-order valence-corrected chi connectivity index (χ4v) is 2.77.